The van der Waals surface area contributed by atoms with Crippen LogP contribution >= 0.6 is 0 Å². The van der Waals surface area contributed by atoms with Crippen LogP contribution < -0.4 is 9.47 Å². The molecule has 2 aliphatic heterocycles. The number of carbonyl (C=O) groups is 1. The van der Waals surface area contributed by atoms with E-state index in [1.54, 1.807) is 7.11 Å². The van der Waals surface area contributed by atoms with Crippen molar-refractivity contribution in [1.82, 2.24) is 4.90 Å². The molecule has 1 fully saturated rings. The van der Waals surface area contributed by atoms with Crippen LogP contribution in [0.25, 0.3) is 0 Å². The number of ether oxygens (including phenoxy) is 2. The molecule has 0 spiro atoms. The Labute approximate surface area is 132 Å². The number of fused-ring (bicyclic) bond motifs is 3. The number of methoxy groups -OCH3 is 1. The van der Waals surface area contributed by atoms with Gasteiger partial charge in [-0.25, -0.2) is 0 Å². The average Bonchev–Trinajstić information content (AvgIpc) is 2.54. The maximum atomic E-state index is 11.9. The molecule has 0 bridgehead atoms. The number of hydrogen-bond donors (Lipinski definition) is 0. The van der Waals surface area contributed by atoms with Crippen molar-refractivity contribution >= 4 is 5.78 Å². The maximum Gasteiger partial charge on any atom is 0.161 e. The Balaban J connectivity index is 1.90. The van der Waals surface area contributed by atoms with Crippen LogP contribution in [0.2, 0.25) is 0 Å². The summed E-state index contributed by atoms with van der Waals surface area (Å²) in [6, 6.07) is 4.44. The van der Waals surface area contributed by atoms with Crippen LogP contribution in [0.5, 0.6) is 11.5 Å². The molecule has 0 radical (unpaired) electrons. The van der Waals surface area contributed by atoms with Crippen molar-refractivity contribution in [1.29, 1.82) is 0 Å². The van der Waals surface area contributed by atoms with Crippen LogP contribution in [0.4, 0.5) is 0 Å². The number of piperidine rings is 1. The number of unbranched alkanes of at least 4 members (excludes halogenated alkanes) is 1. The van der Waals surface area contributed by atoms with Gasteiger partial charge >= 0.3 is 0 Å². The lowest BCUT2D eigenvalue weighted by molar-refractivity contribution is -0.123. The van der Waals surface area contributed by atoms with E-state index in [0.29, 0.717) is 25.2 Å². The Morgan fingerprint density at radius 1 is 1.23 bits per heavy atom. The molecular formula is C18H25NO3. The zero-order valence-electron chi connectivity index (χ0n) is 13.6. The molecular weight excluding hydrogens is 278 g/mol. The van der Waals surface area contributed by atoms with Gasteiger partial charge in [0.25, 0.3) is 0 Å². The lowest BCUT2D eigenvalue weighted by Crippen LogP contribution is -2.41. The minimum atomic E-state index is 0.226. The second kappa shape index (κ2) is 6.69. The summed E-state index contributed by atoms with van der Waals surface area (Å²) in [6.45, 7) is 4.78. The standard InChI is InChI=1S/C18H25NO3/c1-3-4-9-22-18-12-15-13(10-17(18)21-2)5-7-19-8-6-14(20)11-16(15)19/h10,12,16H,3-9,11H2,1-2H3/t16-/m1/s1. The Morgan fingerprint density at radius 2 is 2.05 bits per heavy atom. The topological polar surface area (TPSA) is 38.8 Å². The number of benzene rings is 1. The Kier molecular flexibility index (Phi) is 4.67. The summed E-state index contributed by atoms with van der Waals surface area (Å²) in [5.74, 6) is 2.00. The summed E-state index contributed by atoms with van der Waals surface area (Å²) in [6.07, 6.45) is 4.49. The SMILES string of the molecule is CCCCOc1cc2c(cc1OC)CCN1CCC(=O)C[C@H]21. The lowest BCUT2D eigenvalue weighted by Gasteiger charge is -2.40. The number of ketones is 1. The minimum absolute atomic E-state index is 0.226. The van der Waals surface area contributed by atoms with Crippen molar-refractivity contribution in [2.45, 2.75) is 45.1 Å². The highest BCUT2D eigenvalue weighted by Gasteiger charge is 2.33. The fourth-order valence-corrected chi connectivity index (χ4v) is 3.45. The molecule has 120 valence electrons. The van der Waals surface area contributed by atoms with Gasteiger partial charge in [0.1, 0.15) is 5.78 Å². The van der Waals surface area contributed by atoms with Gasteiger partial charge in [-0.15, -0.1) is 0 Å². The van der Waals surface area contributed by atoms with E-state index in [2.05, 4.69) is 24.0 Å². The van der Waals surface area contributed by atoms with Crippen molar-refractivity contribution in [3.05, 3.63) is 23.3 Å². The quantitative estimate of drug-likeness (QED) is 0.783. The van der Waals surface area contributed by atoms with E-state index >= 15 is 0 Å². The number of nitrogens with zero attached hydrogens (tertiary/aromatic N) is 1. The maximum absolute atomic E-state index is 11.9. The molecule has 0 aromatic heterocycles. The van der Waals surface area contributed by atoms with E-state index in [-0.39, 0.29) is 6.04 Å². The summed E-state index contributed by atoms with van der Waals surface area (Å²) < 4.78 is 11.4. The van der Waals surface area contributed by atoms with Gasteiger partial charge in [0.05, 0.1) is 13.7 Å². The van der Waals surface area contributed by atoms with Crippen LogP contribution in [-0.2, 0) is 11.2 Å². The van der Waals surface area contributed by atoms with Crippen molar-refractivity contribution in [2.24, 2.45) is 0 Å². The zero-order valence-corrected chi connectivity index (χ0v) is 13.6. The van der Waals surface area contributed by atoms with Crippen LogP contribution in [-0.4, -0.2) is 37.5 Å². The first-order valence-electron chi connectivity index (χ1n) is 8.32. The number of rotatable bonds is 5. The molecule has 3 rings (SSSR count). The summed E-state index contributed by atoms with van der Waals surface area (Å²) in [5, 5.41) is 0. The number of carbonyl (C=O) groups excluding carboxylic acids is 1. The van der Waals surface area contributed by atoms with E-state index in [1.165, 1.54) is 11.1 Å². The predicted octanol–water partition coefficient (Wildman–Crippen LogP) is 3.14. The molecule has 2 aliphatic rings. The Hall–Kier alpha value is -1.55. The van der Waals surface area contributed by atoms with Crippen LogP contribution in [0.15, 0.2) is 12.1 Å². The second-order valence-corrected chi connectivity index (χ2v) is 6.20. The van der Waals surface area contributed by atoms with Gasteiger partial charge in [0.2, 0.25) is 0 Å². The van der Waals surface area contributed by atoms with E-state index in [0.717, 1.165) is 43.9 Å². The van der Waals surface area contributed by atoms with Gasteiger partial charge in [-0.3, -0.25) is 9.69 Å². The largest absolute Gasteiger partial charge is 0.493 e. The van der Waals surface area contributed by atoms with E-state index in [9.17, 15) is 4.79 Å². The van der Waals surface area contributed by atoms with Crippen molar-refractivity contribution in [3.63, 3.8) is 0 Å². The molecule has 4 heteroatoms. The number of hydrogen-bond acceptors (Lipinski definition) is 4. The lowest BCUT2D eigenvalue weighted by atomic mass is 9.86. The van der Waals surface area contributed by atoms with Gasteiger partial charge in [-0.2, -0.15) is 0 Å². The predicted molar refractivity (Wildman–Crippen MR) is 85.7 cm³/mol. The summed E-state index contributed by atoms with van der Waals surface area (Å²) >= 11 is 0. The molecule has 0 saturated carbocycles. The first kappa shape index (κ1) is 15.3. The monoisotopic (exact) mass is 303 g/mol. The first-order chi connectivity index (χ1) is 10.7. The molecule has 4 nitrogen and oxygen atoms in total. The Bertz CT molecular complexity index is 556. The third kappa shape index (κ3) is 2.98. The summed E-state index contributed by atoms with van der Waals surface area (Å²) in [4.78, 5) is 14.3. The van der Waals surface area contributed by atoms with Crippen LogP contribution in [0, 0.1) is 0 Å². The van der Waals surface area contributed by atoms with Crippen molar-refractivity contribution in [2.75, 3.05) is 26.8 Å². The van der Waals surface area contributed by atoms with Crippen molar-refractivity contribution < 1.29 is 14.3 Å². The Morgan fingerprint density at radius 3 is 2.82 bits per heavy atom. The first-order valence-corrected chi connectivity index (χ1v) is 8.32. The molecule has 22 heavy (non-hydrogen) atoms. The number of Topliss-reactive ketones (excluding diaryl/α,β-unsaturated/α-hetero) is 1. The molecule has 0 amide bonds. The van der Waals surface area contributed by atoms with E-state index in [1.807, 2.05) is 0 Å². The summed E-state index contributed by atoms with van der Waals surface area (Å²) in [7, 11) is 1.69. The van der Waals surface area contributed by atoms with Crippen LogP contribution in [0.3, 0.4) is 0 Å². The molecule has 1 aromatic rings. The molecule has 0 N–H and O–H groups in total. The second-order valence-electron chi connectivity index (χ2n) is 6.20. The minimum Gasteiger partial charge on any atom is -0.493 e. The highest BCUT2D eigenvalue weighted by molar-refractivity contribution is 5.80. The third-order valence-corrected chi connectivity index (χ3v) is 4.75. The van der Waals surface area contributed by atoms with Gasteiger partial charge in [-0.05, 0) is 36.1 Å². The molecule has 1 aromatic carbocycles. The summed E-state index contributed by atoms with van der Waals surface area (Å²) in [5.41, 5.74) is 2.56. The average molecular weight is 303 g/mol. The van der Waals surface area contributed by atoms with Crippen molar-refractivity contribution in [3.8, 4) is 11.5 Å². The molecule has 0 aliphatic carbocycles. The van der Waals surface area contributed by atoms with Gasteiger partial charge in [-0.1, -0.05) is 13.3 Å². The molecule has 2 heterocycles. The molecule has 1 atom stereocenters. The van der Waals surface area contributed by atoms with Gasteiger partial charge < -0.3 is 9.47 Å². The van der Waals surface area contributed by atoms with Crippen LogP contribution in [0.1, 0.15) is 49.8 Å². The fourth-order valence-electron chi connectivity index (χ4n) is 3.45. The van der Waals surface area contributed by atoms with E-state index in [4.69, 9.17) is 9.47 Å². The van der Waals surface area contributed by atoms with Gasteiger partial charge in [0, 0.05) is 32.0 Å². The van der Waals surface area contributed by atoms with E-state index < -0.39 is 0 Å². The smallest absolute Gasteiger partial charge is 0.161 e. The fraction of sp³-hybridized carbons (Fsp3) is 0.611. The molecule has 0 unspecified atom stereocenters. The van der Waals surface area contributed by atoms with Gasteiger partial charge in [0.15, 0.2) is 11.5 Å². The molecule has 1 saturated heterocycles. The highest BCUT2D eigenvalue weighted by Crippen LogP contribution is 2.41. The normalized spacial score (nSPS) is 21.2. The third-order valence-electron chi connectivity index (χ3n) is 4.75. The zero-order chi connectivity index (χ0) is 15.5. The highest BCUT2D eigenvalue weighted by atomic mass is 16.5.